The largest absolute Gasteiger partial charge is 0.480 e. The quantitative estimate of drug-likeness (QED) is 0.713. The predicted octanol–water partition coefficient (Wildman–Crippen LogP) is 2.16. The molecule has 1 atom stereocenters. The number of nitrogens with zero attached hydrogens (tertiary/aromatic N) is 1. The Morgan fingerprint density at radius 1 is 1.25 bits per heavy atom. The van der Waals surface area contributed by atoms with Gasteiger partial charge in [-0.15, -0.1) is 12.6 Å². The van der Waals surface area contributed by atoms with Crippen molar-refractivity contribution in [1.29, 1.82) is 0 Å². The smallest absolute Gasteiger partial charge is 0.321 e. The Bertz CT molecular complexity index is 575. The van der Waals surface area contributed by atoms with E-state index in [9.17, 15) is 9.90 Å². The number of aliphatic carboxylic acids is 1. The molecular weight excluding hydrogens is 272 g/mol. The van der Waals surface area contributed by atoms with E-state index in [0.29, 0.717) is 23.6 Å². The molecule has 0 radical (unpaired) electrons. The van der Waals surface area contributed by atoms with Crippen molar-refractivity contribution in [3.63, 3.8) is 0 Å². The first-order valence-electron chi connectivity index (χ1n) is 6.30. The second-order valence-electron chi connectivity index (χ2n) is 4.43. The van der Waals surface area contributed by atoms with Crippen LogP contribution in [0.5, 0.6) is 0 Å². The van der Waals surface area contributed by atoms with Crippen molar-refractivity contribution in [1.82, 2.24) is 10.3 Å². The van der Waals surface area contributed by atoms with Crippen molar-refractivity contribution in [3.8, 4) is 0 Å². The van der Waals surface area contributed by atoms with Crippen LogP contribution < -0.4 is 5.32 Å². The summed E-state index contributed by atoms with van der Waals surface area (Å²) in [6.07, 6.45) is 1.95. The van der Waals surface area contributed by atoms with Gasteiger partial charge in [0, 0.05) is 24.1 Å². The molecule has 1 aromatic heterocycles. The molecule has 4 nitrogen and oxygen atoms in total. The van der Waals surface area contributed by atoms with E-state index in [-0.39, 0.29) is 0 Å². The van der Waals surface area contributed by atoms with Gasteiger partial charge in [0.1, 0.15) is 6.04 Å². The highest BCUT2D eigenvalue weighted by molar-refractivity contribution is 7.80. The van der Waals surface area contributed by atoms with Gasteiger partial charge in [-0.1, -0.05) is 30.3 Å². The number of aromatic nitrogens is 1. The van der Waals surface area contributed by atoms with Gasteiger partial charge in [0.25, 0.3) is 0 Å². The molecular formula is C15H16N2O2S. The maximum Gasteiger partial charge on any atom is 0.321 e. The molecule has 5 heteroatoms. The molecule has 0 amide bonds. The standard InChI is InChI=1S/C15H16N2O2S/c18-15(19)13(9-12-14(20)7-4-8-16-12)17-10-11-5-2-1-3-6-11/h1-8,13,17,20H,9-10H2,(H,18,19)/t13-/m0/s1. The molecule has 20 heavy (non-hydrogen) atoms. The monoisotopic (exact) mass is 288 g/mol. The van der Waals surface area contributed by atoms with Crippen LogP contribution in [0.3, 0.4) is 0 Å². The van der Waals surface area contributed by atoms with Crippen LogP contribution >= 0.6 is 12.6 Å². The molecule has 0 aliphatic carbocycles. The van der Waals surface area contributed by atoms with E-state index in [1.165, 1.54) is 0 Å². The molecule has 0 unspecified atom stereocenters. The first-order chi connectivity index (χ1) is 9.66. The third-order valence-corrected chi connectivity index (χ3v) is 3.36. The number of nitrogens with one attached hydrogen (secondary N) is 1. The van der Waals surface area contributed by atoms with Crippen molar-refractivity contribution in [2.45, 2.75) is 23.9 Å². The van der Waals surface area contributed by atoms with Crippen LogP contribution in [0, 0.1) is 0 Å². The lowest BCUT2D eigenvalue weighted by molar-refractivity contribution is -0.139. The molecule has 1 aromatic carbocycles. The molecule has 0 bridgehead atoms. The lowest BCUT2D eigenvalue weighted by Gasteiger charge is -2.15. The highest BCUT2D eigenvalue weighted by Crippen LogP contribution is 2.12. The lowest BCUT2D eigenvalue weighted by Crippen LogP contribution is -2.38. The van der Waals surface area contributed by atoms with Gasteiger partial charge in [0.2, 0.25) is 0 Å². The molecule has 0 aliphatic heterocycles. The Balaban J connectivity index is 2.01. The summed E-state index contributed by atoms with van der Waals surface area (Å²) in [6.45, 7) is 0.506. The van der Waals surface area contributed by atoms with E-state index < -0.39 is 12.0 Å². The number of hydrogen-bond acceptors (Lipinski definition) is 4. The van der Waals surface area contributed by atoms with Crippen LogP contribution in [-0.2, 0) is 17.8 Å². The average Bonchev–Trinajstić information content (AvgIpc) is 2.46. The lowest BCUT2D eigenvalue weighted by atomic mass is 10.1. The number of carboxylic acid groups (broad SMARTS) is 1. The first-order valence-corrected chi connectivity index (χ1v) is 6.74. The van der Waals surface area contributed by atoms with Gasteiger partial charge in [-0.3, -0.25) is 15.1 Å². The Labute approximate surface area is 123 Å². The fourth-order valence-corrected chi connectivity index (χ4v) is 2.10. The Morgan fingerprint density at radius 2 is 2.00 bits per heavy atom. The number of carbonyl (C=O) groups is 1. The van der Waals surface area contributed by atoms with E-state index in [4.69, 9.17) is 0 Å². The highest BCUT2D eigenvalue weighted by Gasteiger charge is 2.19. The zero-order valence-corrected chi connectivity index (χ0v) is 11.8. The molecule has 2 N–H and O–H groups in total. The van der Waals surface area contributed by atoms with E-state index in [1.807, 2.05) is 36.4 Å². The average molecular weight is 288 g/mol. The van der Waals surface area contributed by atoms with E-state index in [1.54, 1.807) is 12.3 Å². The molecule has 2 aromatic rings. The van der Waals surface area contributed by atoms with Crippen LogP contribution in [-0.4, -0.2) is 22.1 Å². The molecule has 104 valence electrons. The number of hydrogen-bond donors (Lipinski definition) is 3. The van der Waals surface area contributed by atoms with Crippen LogP contribution in [0.4, 0.5) is 0 Å². The third-order valence-electron chi connectivity index (χ3n) is 2.96. The second-order valence-corrected chi connectivity index (χ2v) is 4.91. The van der Waals surface area contributed by atoms with E-state index >= 15 is 0 Å². The number of benzene rings is 1. The summed E-state index contributed by atoms with van der Waals surface area (Å²) >= 11 is 4.30. The Kier molecular flexibility index (Phi) is 5.15. The minimum atomic E-state index is -0.890. The minimum absolute atomic E-state index is 0.307. The van der Waals surface area contributed by atoms with Crippen LogP contribution in [0.15, 0.2) is 53.6 Å². The van der Waals surface area contributed by atoms with E-state index in [0.717, 1.165) is 5.56 Å². The first kappa shape index (κ1) is 14.6. The highest BCUT2D eigenvalue weighted by atomic mass is 32.1. The summed E-state index contributed by atoms with van der Waals surface area (Å²) in [5.74, 6) is -0.890. The maximum atomic E-state index is 11.3. The summed E-state index contributed by atoms with van der Waals surface area (Å²) < 4.78 is 0. The molecule has 1 heterocycles. The van der Waals surface area contributed by atoms with Crippen molar-refractivity contribution < 1.29 is 9.90 Å². The van der Waals surface area contributed by atoms with Gasteiger partial charge in [-0.05, 0) is 17.7 Å². The molecule has 0 fully saturated rings. The van der Waals surface area contributed by atoms with E-state index in [2.05, 4.69) is 22.9 Å². The molecule has 2 rings (SSSR count). The van der Waals surface area contributed by atoms with Crippen LogP contribution in [0.2, 0.25) is 0 Å². The van der Waals surface area contributed by atoms with Gasteiger partial charge in [-0.2, -0.15) is 0 Å². The fourth-order valence-electron chi connectivity index (χ4n) is 1.86. The van der Waals surface area contributed by atoms with Gasteiger partial charge in [0.15, 0.2) is 0 Å². The SMILES string of the molecule is O=C(O)[C@H](Cc1ncccc1S)NCc1ccccc1. The van der Waals surface area contributed by atoms with Crippen LogP contribution in [0.25, 0.3) is 0 Å². The minimum Gasteiger partial charge on any atom is -0.480 e. The van der Waals surface area contributed by atoms with Crippen LogP contribution in [0.1, 0.15) is 11.3 Å². The molecule has 0 saturated heterocycles. The summed E-state index contributed by atoms with van der Waals surface area (Å²) in [5, 5.41) is 12.3. The zero-order valence-electron chi connectivity index (χ0n) is 10.9. The van der Waals surface area contributed by atoms with Gasteiger partial charge < -0.3 is 5.11 Å². The normalized spacial score (nSPS) is 12.1. The predicted molar refractivity (Wildman–Crippen MR) is 79.9 cm³/mol. The zero-order chi connectivity index (χ0) is 14.4. The number of thiol groups is 1. The van der Waals surface area contributed by atoms with Crippen molar-refractivity contribution in [2.24, 2.45) is 0 Å². The van der Waals surface area contributed by atoms with Gasteiger partial charge in [0.05, 0.1) is 5.69 Å². The summed E-state index contributed by atoms with van der Waals surface area (Å²) in [4.78, 5) is 16.2. The third kappa shape index (κ3) is 4.08. The Morgan fingerprint density at radius 3 is 2.65 bits per heavy atom. The number of carboxylic acids is 1. The van der Waals surface area contributed by atoms with Gasteiger partial charge in [-0.25, -0.2) is 0 Å². The molecule has 0 spiro atoms. The number of rotatable bonds is 6. The number of pyridine rings is 1. The fraction of sp³-hybridized carbons (Fsp3) is 0.200. The van der Waals surface area contributed by atoms with Crippen molar-refractivity contribution in [2.75, 3.05) is 0 Å². The van der Waals surface area contributed by atoms with Gasteiger partial charge >= 0.3 is 5.97 Å². The molecule has 0 saturated carbocycles. The summed E-state index contributed by atoms with van der Waals surface area (Å²) in [5.41, 5.74) is 1.73. The maximum absolute atomic E-state index is 11.3. The second kappa shape index (κ2) is 7.07. The van der Waals surface area contributed by atoms with Crippen molar-refractivity contribution >= 4 is 18.6 Å². The summed E-state index contributed by atoms with van der Waals surface area (Å²) in [6, 6.07) is 12.6. The van der Waals surface area contributed by atoms with Crippen molar-refractivity contribution in [3.05, 3.63) is 59.9 Å². The Hall–Kier alpha value is -1.85. The summed E-state index contributed by atoms with van der Waals surface area (Å²) in [7, 11) is 0. The molecule has 0 aliphatic rings. The topological polar surface area (TPSA) is 62.2 Å².